The van der Waals surface area contributed by atoms with Crippen LogP contribution in [-0.2, 0) is 0 Å². The Kier molecular flexibility index (Phi) is 3.94. The van der Waals surface area contributed by atoms with Crippen molar-refractivity contribution in [3.05, 3.63) is 59.7 Å². The summed E-state index contributed by atoms with van der Waals surface area (Å²) < 4.78 is 1.45. The Balaban J connectivity index is 2.23. The van der Waals surface area contributed by atoms with Gasteiger partial charge in [0.1, 0.15) is 0 Å². The molecule has 4 nitrogen and oxygen atoms in total. The number of carbonyl (C=O) groups is 2. The van der Waals surface area contributed by atoms with E-state index in [1.165, 1.54) is 4.90 Å². The molecule has 108 valence electrons. The smallest absolute Gasteiger partial charge is 0.266 e. The molecule has 0 atom stereocenters. The van der Waals surface area contributed by atoms with Crippen molar-refractivity contribution in [1.29, 1.82) is 5.26 Å². The van der Waals surface area contributed by atoms with Gasteiger partial charge >= 0.3 is 0 Å². The molecule has 22 heavy (non-hydrogen) atoms. The summed E-state index contributed by atoms with van der Waals surface area (Å²) in [5.41, 5.74) is 2.72. The maximum absolute atomic E-state index is 12.6. The van der Waals surface area contributed by atoms with E-state index in [0.29, 0.717) is 25.9 Å². The molecule has 0 spiro atoms. The fourth-order valence-electron chi connectivity index (χ4n) is 2.42. The van der Waals surface area contributed by atoms with Crippen LogP contribution in [0.2, 0.25) is 0 Å². The third kappa shape index (κ3) is 2.14. The van der Waals surface area contributed by atoms with Crippen LogP contribution in [0.15, 0.2) is 30.3 Å². The van der Waals surface area contributed by atoms with Gasteiger partial charge in [0.05, 0.1) is 28.4 Å². The Bertz CT molecular complexity index is 849. The molecule has 1 aliphatic heterocycles. The molecular formula is C16H8I2N2O2. The monoisotopic (exact) mass is 514 g/mol. The summed E-state index contributed by atoms with van der Waals surface area (Å²) in [6, 6.07) is 10.6. The zero-order valence-corrected chi connectivity index (χ0v) is 15.7. The number of halogens is 2. The molecule has 3 rings (SSSR count). The predicted molar refractivity (Wildman–Crippen MR) is 98.9 cm³/mol. The first-order valence-corrected chi connectivity index (χ1v) is 8.49. The molecule has 0 aromatic heterocycles. The summed E-state index contributed by atoms with van der Waals surface area (Å²) in [4.78, 5) is 26.4. The molecule has 0 N–H and O–H groups in total. The summed E-state index contributed by atoms with van der Waals surface area (Å²) in [6.45, 7) is 1.82. The summed E-state index contributed by atoms with van der Waals surface area (Å²) >= 11 is 4.15. The van der Waals surface area contributed by atoms with E-state index in [1.807, 2.05) is 6.92 Å². The fourth-order valence-corrected chi connectivity index (χ4v) is 4.58. The van der Waals surface area contributed by atoms with Crippen LogP contribution in [0.3, 0.4) is 0 Å². The van der Waals surface area contributed by atoms with E-state index in [9.17, 15) is 9.59 Å². The van der Waals surface area contributed by atoms with Gasteiger partial charge in [-0.15, -0.1) is 0 Å². The number of anilines is 1. The molecular weight excluding hydrogens is 506 g/mol. The number of fused-ring (bicyclic) bond motifs is 1. The molecule has 2 aromatic rings. The topological polar surface area (TPSA) is 61.2 Å². The minimum atomic E-state index is -0.319. The maximum atomic E-state index is 12.6. The van der Waals surface area contributed by atoms with Gasteiger partial charge in [-0.05, 0) is 75.9 Å². The van der Waals surface area contributed by atoms with E-state index in [4.69, 9.17) is 5.26 Å². The molecule has 1 aliphatic rings. The van der Waals surface area contributed by atoms with Crippen molar-refractivity contribution in [3.63, 3.8) is 0 Å². The summed E-state index contributed by atoms with van der Waals surface area (Å²) in [5.74, 6) is -0.638. The average Bonchev–Trinajstić information content (AvgIpc) is 2.77. The summed E-state index contributed by atoms with van der Waals surface area (Å²) in [7, 11) is 0. The minimum absolute atomic E-state index is 0.319. The highest BCUT2D eigenvalue weighted by Crippen LogP contribution is 2.37. The van der Waals surface area contributed by atoms with Gasteiger partial charge in [-0.2, -0.15) is 5.26 Å². The lowest BCUT2D eigenvalue weighted by molar-refractivity contribution is 0.0925. The number of nitrogens with zero attached hydrogens (tertiary/aromatic N) is 2. The lowest BCUT2D eigenvalue weighted by Crippen LogP contribution is -2.31. The average molecular weight is 514 g/mol. The summed E-state index contributed by atoms with van der Waals surface area (Å²) in [6.07, 6.45) is 0. The van der Waals surface area contributed by atoms with E-state index < -0.39 is 0 Å². The van der Waals surface area contributed by atoms with Crippen molar-refractivity contribution in [2.45, 2.75) is 6.92 Å². The van der Waals surface area contributed by atoms with Gasteiger partial charge < -0.3 is 0 Å². The second-order valence-corrected chi connectivity index (χ2v) is 7.04. The van der Waals surface area contributed by atoms with Gasteiger partial charge in [0.2, 0.25) is 0 Å². The molecule has 0 fully saturated rings. The molecule has 0 saturated heterocycles. The highest BCUT2D eigenvalue weighted by atomic mass is 127. The van der Waals surface area contributed by atoms with Gasteiger partial charge in [-0.25, -0.2) is 4.90 Å². The zero-order chi connectivity index (χ0) is 16.0. The highest BCUT2D eigenvalue weighted by Gasteiger charge is 2.38. The third-order valence-corrected chi connectivity index (χ3v) is 5.72. The van der Waals surface area contributed by atoms with Crippen molar-refractivity contribution < 1.29 is 9.59 Å². The van der Waals surface area contributed by atoms with Crippen molar-refractivity contribution in [2.24, 2.45) is 0 Å². The number of hydrogen-bond donors (Lipinski definition) is 0. The fraction of sp³-hybridized carbons (Fsp3) is 0.0625. The molecule has 1 heterocycles. The quantitative estimate of drug-likeness (QED) is 0.429. The Morgan fingerprint density at radius 3 is 2.14 bits per heavy atom. The van der Waals surface area contributed by atoms with Crippen LogP contribution in [0.1, 0.15) is 31.8 Å². The number of rotatable bonds is 1. The van der Waals surface area contributed by atoms with Crippen LogP contribution >= 0.6 is 45.2 Å². The minimum Gasteiger partial charge on any atom is -0.268 e. The van der Waals surface area contributed by atoms with Crippen LogP contribution in [-0.4, -0.2) is 11.8 Å². The SMILES string of the molecule is Cc1c(C#N)cc(I)c(N2C(=O)c3ccccc3C2=O)c1I. The number of nitriles is 1. The molecule has 0 saturated carbocycles. The van der Waals surface area contributed by atoms with E-state index in [0.717, 1.165) is 9.13 Å². The second-order valence-electron chi connectivity index (χ2n) is 4.80. The van der Waals surface area contributed by atoms with Gasteiger partial charge in [0.15, 0.2) is 0 Å². The first-order chi connectivity index (χ1) is 10.5. The Hall–Kier alpha value is -1.47. The third-order valence-electron chi connectivity index (χ3n) is 3.58. The molecule has 6 heteroatoms. The Labute approximate surface area is 154 Å². The van der Waals surface area contributed by atoms with Crippen LogP contribution in [0.5, 0.6) is 0 Å². The number of imide groups is 1. The van der Waals surface area contributed by atoms with Crippen molar-refractivity contribution >= 4 is 62.7 Å². The Morgan fingerprint density at radius 1 is 1.09 bits per heavy atom. The number of benzene rings is 2. The van der Waals surface area contributed by atoms with Crippen LogP contribution < -0.4 is 4.90 Å². The van der Waals surface area contributed by atoms with Gasteiger partial charge in [0.25, 0.3) is 11.8 Å². The van der Waals surface area contributed by atoms with E-state index in [-0.39, 0.29) is 11.8 Å². The second kappa shape index (κ2) is 5.62. The van der Waals surface area contributed by atoms with E-state index in [2.05, 4.69) is 51.3 Å². The zero-order valence-electron chi connectivity index (χ0n) is 11.4. The lowest BCUT2D eigenvalue weighted by Gasteiger charge is -2.19. The van der Waals surface area contributed by atoms with Crippen molar-refractivity contribution in [2.75, 3.05) is 4.90 Å². The molecule has 0 aliphatic carbocycles. The van der Waals surface area contributed by atoms with Crippen LogP contribution in [0, 0.1) is 25.4 Å². The van der Waals surface area contributed by atoms with Gasteiger partial charge in [-0.3, -0.25) is 9.59 Å². The molecule has 2 aromatic carbocycles. The predicted octanol–water partition coefficient (Wildman–Crippen LogP) is 3.88. The van der Waals surface area contributed by atoms with Gasteiger partial charge in [0, 0.05) is 7.14 Å². The standard InChI is InChI=1S/C16H8I2N2O2/c1-8-9(7-19)6-12(17)14(13(8)18)20-15(21)10-4-2-3-5-11(10)16(20)22/h2-6H,1H3. The molecule has 0 radical (unpaired) electrons. The Morgan fingerprint density at radius 2 is 1.64 bits per heavy atom. The highest BCUT2D eigenvalue weighted by molar-refractivity contribution is 14.1. The summed E-state index contributed by atoms with van der Waals surface area (Å²) in [5, 5.41) is 9.17. The van der Waals surface area contributed by atoms with E-state index >= 15 is 0 Å². The van der Waals surface area contributed by atoms with Crippen LogP contribution in [0.25, 0.3) is 0 Å². The maximum Gasteiger partial charge on any atom is 0.266 e. The largest absolute Gasteiger partial charge is 0.268 e. The van der Waals surface area contributed by atoms with Crippen molar-refractivity contribution in [3.8, 4) is 6.07 Å². The first-order valence-electron chi connectivity index (χ1n) is 6.34. The van der Waals surface area contributed by atoms with Gasteiger partial charge in [-0.1, -0.05) is 12.1 Å². The van der Waals surface area contributed by atoms with Crippen molar-refractivity contribution in [1.82, 2.24) is 0 Å². The number of amides is 2. The first kappa shape index (κ1) is 15.4. The lowest BCUT2D eigenvalue weighted by atomic mass is 10.1. The molecule has 0 bridgehead atoms. The molecule has 2 amide bonds. The number of hydrogen-bond acceptors (Lipinski definition) is 3. The number of carbonyl (C=O) groups excluding carboxylic acids is 2. The van der Waals surface area contributed by atoms with Crippen LogP contribution in [0.4, 0.5) is 5.69 Å². The normalized spacial score (nSPS) is 13.3. The van der Waals surface area contributed by atoms with E-state index in [1.54, 1.807) is 30.3 Å². The molecule has 0 unspecified atom stereocenters.